The van der Waals surface area contributed by atoms with E-state index in [1.165, 1.54) is 23.8 Å². The number of carbonyl (C=O) groups excluding carboxylic acids is 1. The van der Waals surface area contributed by atoms with Gasteiger partial charge >= 0.3 is 0 Å². The Morgan fingerprint density at radius 2 is 1.62 bits per heavy atom. The number of H-pyrrole nitrogens is 1. The van der Waals surface area contributed by atoms with E-state index in [1.807, 2.05) is 12.1 Å². The second-order valence-corrected chi connectivity index (χ2v) is 6.92. The van der Waals surface area contributed by atoms with Crippen LogP contribution in [0.2, 0.25) is 0 Å². The number of carbonyl (C=O) groups is 1. The van der Waals surface area contributed by atoms with Crippen LogP contribution in [0.15, 0.2) is 54.6 Å². The molecule has 1 unspecified atom stereocenters. The molecular formula is C21H20N2O. The van der Waals surface area contributed by atoms with E-state index >= 15 is 0 Å². The molecule has 0 saturated heterocycles. The fourth-order valence-corrected chi connectivity index (χ4v) is 4.52. The van der Waals surface area contributed by atoms with Crippen molar-refractivity contribution in [2.75, 3.05) is 0 Å². The predicted octanol–water partition coefficient (Wildman–Crippen LogP) is 4.66. The summed E-state index contributed by atoms with van der Waals surface area (Å²) in [5.41, 5.74) is 4.22. The number of fused-ring (bicyclic) bond motifs is 3. The Morgan fingerprint density at radius 3 is 2.42 bits per heavy atom. The summed E-state index contributed by atoms with van der Waals surface area (Å²) in [5, 5.41) is 1.18. The van der Waals surface area contributed by atoms with Crippen LogP contribution in [-0.2, 0) is 0 Å². The smallest absolute Gasteiger partial charge is 0.271 e. The molecule has 0 radical (unpaired) electrons. The SMILES string of the molecule is O=C1c2[nH]c3ccccc3c2C(c2ccccc2)N1C1CCCC1. The van der Waals surface area contributed by atoms with E-state index in [0.717, 1.165) is 29.6 Å². The monoisotopic (exact) mass is 316 g/mol. The zero-order valence-corrected chi connectivity index (χ0v) is 13.5. The molecule has 2 aromatic carbocycles. The molecule has 2 heterocycles. The summed E-state index contributed by atoms with van der Waals surface area (Å²) in [5.74, 6) is 0.168. The van der Waals surface area contributed by atoms with E-state index in [2.05, 4.69) is 52.3 Å². The number of hydrogen-bond donors (Lipinski definition) is 1. The van der Waals surface area contributed by atoms with E-state index in [4.69, 9.17) is 0 Å². The van der Waals surface area contributed by atoms with Crippen molar-refractivity contribution in [3.05, 3.63) is 71.4 Å². The number of para-hydroxylation sites is 1. The Kier molecular flexibility index (Phi) is 3.02. The summed E-state index contributed by atoms with van der Waals surface area (Å²) >= 11 is 0. The highest BCUT2D eigenvalue weighted by Gasteiger charge is 2.44. The van der Waals surface area contributed by atoms with Gasteiger partial charge in [-0.05, 0) is 24.5 Å². The van der Waals surface area contributed by atoms with Gasteiger partial charge < -0.3 is 9.88 Å². The Bertz CT molecular complexity index is 906. The molecule has 120 valence electrons. The molecule has 3 heteroatoms. The molecule has 1 N–H and O–H groups in total. The minimum Gasteiger partial charge on any atom is -0.350 e. The van der Waals surface area contributed by atoms with E-state index in [9.17, 15) is 4.79 Å². The zero-order valence-electron chi connectivity index (χ0n) is 13.5. The molecule has 24 heavy (non-hydrogen) atoms. The van der Waals surface area contributed by atoms with E-state index < -0.39 is 0 Å². The molecule has 3 aromatic rings. The average Bonchev–Trinajstić information content (AvgIpc) is 3.32. The van der Waals surface area contributed by atoms with Crippen LogP contribution < -0.4 is 0 Å². The van der Waals surface area contributed by atoms with Gasteiger partial charge in [0.05, 0.1) is 6.04 Å². The molecule has 1 aliphatic heterocycles. The summed E-state index contributed by atoms with van der Waals surface area (Å²) in [6, 6.07) is 19.1. The minimum atomic E-state index is 0.0351. The van der Waals surface area contributed by atoms with E-state index in [1.54, 1.807) is 0 Å². The summed E-state index contributed by atoms with van der Waals surface area (Å²) in [4.78, 5) is 18.8. The number of aromatic nitrogens is 1. The molecule has 1 atom stereocenters. The van der Waals surface area contributed by atoms with Crippen molar-refractivity contribution in [2.24, 2.45) is 0 Å². The Hall–Kier alpha value is -2.55. The maximum atomic E-state index is 13.2. The van der Waals surface area contributed by atoms with Crippen molar-refractivity contribution in [1.82, 2.24) is 9.88 Å². The van der Waals surface area contributed by atoms with Crippen LogP contribution in [0.25, 0.3) is 10.9 Å². The molecule has 5 rings (SSSR count). The predicted molar refractivity (Wildman–Crippen MR) is 95.0 cm³/mol. The van der Waals surface area contributed by atoms with Crippen molar-refractivity contribution in [1.29, 1.82) is 0 Å². The molecule has 1 saturated carbocycles. The lowest BCUT2D eigenvalue weighted by atomic mass is 9.97. The number of benzene rings is 2. The van der Waals surface area contributed by atoms with Crippen LogP contribution in [0.4, 0.5) is 0 Å². The van der Waals surface area contributed by atoms with Crippen LogP contribution in [0, 0.1) is 0 Å². The highest BCUT2D eigenvalue weighted by atomic mass is 16.2. The summed E-state index contributed by atoms with van der Waals surface area (Å²) < 4.78 is 0. The molecule has 2 aliphatic rings. The van der Waals surface area contributed by atoms with Gasteiger partial charge in [0.1, 0.15) is 5.69 Å². The van der Waals surface area contributed by atoms with Crippen LogP contribution in [0.3, 0.4) is 0 Å². The molecule has 1 aliphatic carbocycles. The summed E-state index contributed by atoms with van der Waals surface area (Å²) in [6.45, 7) is 0. The molecule has 0 bridgehead atoms. The van der Waals surface area contributed by atoms with Gasteiger partial charge in [-0.25, -0.2) is 0 Å². The maximum Gasteiger partial charge on any atom is 0.271 e. The van der Waals surface area contributed by atoms with Crippen LogP contribution in [-0.4, -0.2) is 21.8 Å². The largest absolute Gasteiger partial charge is 0.350 e. The Balaban J connectivity index is 1.74. The number of nitrogens with one attached hydrogen (secondary N) is 1. The normalized spacial score (nSPS) is 20.9. The molecule has 1 fully saturated rings. The quantitative estimate of drug-likeness (QED) is 0.733. The van der Waals surface area contributed by atoms with Crippen LogP contribution in [0.1, 0.15) is 53.3 Å². The number of hydrogen-bond acceptors (Lipinski definition) is 1. The number of nitrogens with zero attached hydrogens (tertiary/aromatic N) is 1. The highest BCUT2D eigenvalue weighted by Crippen LogP contribution is 2.45. The van der Waals surface area contributed by atoms with Crippen molar-refractivity contribution < 1.29 is 4.79 Å². The Morgan fingerprint density at radius 1 is 0.917 bits per heavy atom. The lowest BCUT2D eigenvalue weighted by Gasteiger charge is -2.31. The van der Waals surface area contributed by atoms with Crippen molar-refractivity contribution in [2.45, 2.75) is 37.8 Å². The number of aromatic amines is 1. The van der Waals surface area contributed by atoms with Gasteiger partial charge in [0.15, 0.2) is 0 Å². The van der Waals surface area contributed by atoms with Crippen LogP contribution >= 0.6 is 0 Å². The average molecular weight is 316 g/mol. The fraction of sp³-hybridized carbons (Fsp3) is 0.286. The van der Waals surface area contributed by atoms with E-state index in [0.29, 0.717) is 6.04 Å². The molecule has 1 amide bonds. The van der Waals surface area contributed by atoms with Crippen molar-refractivity contribution in [3.63, 3.8) is 0 Å². The van der Waals surface area contributed by atoms with Crippen LogP contribution in [0.5, 0.6) is 0 Å². The minimum absolute atomic E-state index is 0.0351. The first kappa shape index (κ1) is 13.8. The Labute approximate surface area is 141 Å². The molecular weight excluding hydrogens is 296 g/mol. The molecule has 1 aromatic heterocycles. The second-order valence-electron chi connectivity index (χ2n) is 6.92. The lowest BCUT2D eigenvalue weighted by molar-refractivity contribution is 0.0662. The fourth-order valence-electron chi connectivity index (χ4n) is 4.52. The van der Waals surface area contributed by atoms with Gasteiger partial charge in [0.25, 0.3) is 5.91 Å². The third kappa shape index (κ3) is 1.87. The third-order valence-electron chi connectivity index (χ3n) is 5.58. The standard InChI is InChI=1S/C21H20N2O/c24-21-19-18(16-12-6-7-13-17(16)22-19)20(14-8-2-1-3-9-14)23(21)15-10-4-5-11-15/h1-3,6-9,12-13,15,20,22H,4-5,10-11H2. The topological polar surface area (TPSA) is 36.1 Å². The summed E-state index contributed by atoms with van der Waals surface area (Å²) in [7, 11) is 0. The van der Waals surface area contributed by atoms with Gasteiger partial charge in [-0.2, -0.15) is 0 Å². The maximum absolute atomic E-state index is 13.2. The lowest BCUT2D eigenvalue weighted by Crippen LogP contribution is -2.37. The van der Waals surface area contributed by atoms with Gasteiger partial charge in [-0.1, -0.05) is 61.4 Å². The van der Waals surface area contributed by atoms with Gasteiger partial charge in [0, 0.05) is 22.5 Å². The number of rotatable bonds is 2. The van der Waals surface area contributed by atoms with E-state index in [-0.39, 0.29) is 11.9 Å². The first-order chi connectivity index (χ1) is 11.8. The highest BCUT2D eigenvalue weighted by molar-refractivity contribution is 6.05. The van der Waals surface area contributed by atoms with Crippen molar-refractivity contribution in [3.8, 4) is 0 Å². The van der Waals surface area contributed by atoms with Crippen molar-refractivity contribution >= 4 is 16.8 Å². The first-order valence-corrected chi connectivity index (χ1v) is 8.83. The summed E-state index contributed by atoms with van der Waals surface area (Å²) in [6.07, 6.45) is 4.70. The van der Waals surface area contributed by atoms with Gasteiger partial charge in [-0.15, -0.1) is 0 Å². The van der Waals surface area contributed by atoms with Gasteiger partial charge in [0.2, 0.25) is 0 Å². The first-order valence-electron chi connectivity index (χ1n) is 8.83. The molecule has 0 spiro atoms. The molecule has 3 nitrogen and oxygen atoms in total. The third-order valence-corrected chi connectivity index (χ3v) is 5.58. The zero-order chi connectivity index (χ0) is 16.1. The second kappa shape index (κ2) is 5.23. The number of amides is 1. The van der Waals surface area contributed by atoms with Gasteiger partial charge in [-0.3, -0.25) is 4.79 Å².